The second-order valence-corrected chi connectivity index (χ2v) is 9.71. The summed E-state index contributed by atoms with van der Waals surface area (Å²) >= 11 is 1.68. The second-order valence-electron chi connectivity index (χ2n) is 8.62. The van der Waals surface area contributed by atoms with E-state index >= 15 is 0 Å². The zero-order chi connectivity index (χ0) is 22.1. The minimum Gasteiger partial charge on any atom is -0.299 e. The van der Waals surface area contributed by atoms with Gasteiger partial charge in [0.2, 0.25) is 0 Å². The molecule has 0 saturated heterocycles. The van der Waals surface area contributed by atoms with E-state index in [4.69, 9.17) is 4.63 Å². The van der Waals surface area contributed by atoms with Crippen molar-refractivity contribution in [3.8, 4) is 0 Å². The van der Waals surface area contributed by atoms with Crippen LogP contribution in [0.4, 0.5) is 0 Å². The summed E-state index contributed by atoms with van der Waals surface area (Å²) in [5, 5.41) is 8.73. The topological polar surface area (TPSA) is 77.1 Å². The molecule has 0 saturated carbocycles. The van der Waals surface area contributed by atoms with Crippen LogP contribution in [0.15, 0.2) is 46.1 Å². The fourth-order valence-corrected chi connectivity index (χ4v) is 5.82. The number of aromatic nitrogens is 4. The summed E-state index contributed by atoms with van der Waals surface area (Å²) in [7, 11) is 2.12. The highest BCUT2D eigenvalue weighted by Crippen LogP contribution is 2.35. The molecule has 1 aromatic carbocycles. The van der Waals surface area contributed by atoms with Crippen LogP contribution in [0.3, 0.4) is 0 Å². The summed E-state index contributed by atoms with van der Waals surface area (Å²) in [6.45, 7) is 3.33. The van der Waals surface area contributed by atoms with Crippen LogP contribution in [0.5, 0.6) is 0 Å². The number of likely N-dealkylation sites (N-methyl/N-ethyl adjacent to an activating group) is 1. The maximum atomic E-state index is 13.3. The van der Waals surface area contributed by atoms with E-state index < -0.39 is 0 Å². The van der Waals surface area contributed by atoms with Gasteiger partial charge in [-0.05, 0) is 57.2 Å². The van der Waals surface area contributed by atoms with Crippen LogP contribution in [0.1, 0.15) is 40.2 Å². The van der Waals surface area contributed by atoms with Crippen LogP contribution in [0.2, 0.25) is 0 Å². The summed E-state index contributed by atoms with van der Waals surface area (Å²) in [5.41, 5.74) is 4.34. The Morgan fingerprint density at radius 3 is 2.88 bits per heavy atom. The van der Waals surface area contributed by atoms with Crippen molar-refractivity contribution in [2.24, 2.45) is 0 Å². The Morgan fingerprint density at radius 2 is 2.09 bits per heavy atom. The van der Waals surface area contributed by atoms with Crippen LogP contribution in [-0.4, -0.2) is 37.9 Å². The molecule has 0 radical (unpaired) electrons. The van der Waals surface area contributed by atoms with Crippen LogP contribution < -0.4 is 5.56 Å². The van der Waals surface area contributed by atoms with Gasteiger partial charge in [0, 0.05) is 24.0 Å². The molecule has 0 fully saturated rings. The quantitative estimate of drug-likeness (QED) is 0.427. The predicted octanol–water partition coefficient (Wildman–Crippen LogP) is 3.77. The molecule has 7 nitrogen and oxygen atoms in total. The molecule has 166 valence electrons. The average Bonchev–Trinajstić information content (AvgIpc) is 3.38. The Bertz CT molecular complexity index is 1280. The molecule has 1 atom stereocenters. The normalized spacial score (nSPS) is 16.0. The van der Waals surface area contributed by atoms with Crippen molar-refractivity contribution < 1.29 is 4.63 Å². The van der Waals surface area contributed by atoms with E-state index in [9.17, 15) is 4.79 Å². The monoisotopic (exact) mass is 449 g/mol. The molecule has 0 N–H and O–H groups in total. The van der Waals surface area contributed by atoms with Gasteiger partial charge in [0.1, 0.15) is 16.2 Å². The van der Waals surface area contributed by atoms with E-state index in [-0.39, 0.29) is 5.56 Å². The molecule has 0 aliphatic heterocycles. The SMILES string of the molecule is Cc1nonc1CN(C)[C@@H]1CCc2c(sc3ncn(CCCc4ccccc4)c(=O)c23)C1. The molecule has 1 aliphatic carbocycles. The van der Waals surface area contributed by atoms with Crippen molar-refractivity contribution in [3.05, 3.63) is 74.4 Å². The highest BCUT2D eigenvalue weighted by Gasteiger charge is 2.28. The summed E-state index contributed by atoms with van der Waals surface area (Å²) in [5.74, 6) is 0. The highest BCUT2D eigenvalue weighted by atomic mass is 32.1. The van der Waals surface area contributed by atoms with Crippen molar-refractivity contribution >= 4 is 21.6 Å². The fraction of sp³-hybridized carbons (Fsp3) is 0.417. The van der Waals surface area contributed by atoms with Gasteiger partial charge in [-0.1, -0.05) is 40.6 Å². The first-order valence-electron chi connectivity index (χ1n) is 11.1. The van der Waals surface area contributed by atoms with Crippen molar-refractivity contribution in [2.75, 3.05) is 7.05 Å². The Labute approximate surface area is 190 Å². The molecule has 0 amide bonds. The van der Waals surface area contributed by atoms with E-state index in [1.807, 2.05) is 13.0 Å². The maximum absolute atomic E-state index is 13.3. The predicted molar refractivity (Wildman–Crippen MR) is 125 cm³/mol. The van der Waals surface area contributed by atoms with Crippen molar-refractivity contribution in [1.82, 2.24) is 24.8 Å². The third kappa shape index (κ3) is 4.12. The van der Waals surface area contributed by atoms with E-state index in [0.717, 1.165) is 53.7 Å². The molecule has 0 spiro atoms. The smallest absolute Gasteiger partial charge is 0.262 e. The molecule has 0 unspecified atom stereocenters. The van der Waals surface area contributed by atoms with Gasteiger partial charge in [0.25, 0.3) is 5.56 Å². The molecule has 0 bridgehead atoms. The minimum absolute atomic E-state index is 0.108. The first kappa shape index (κ1) is 21.0. The number of nitrogens with zero attached hydrogens (tertiary/aromatic N) is 5. The number of hydrogen-bond donors (Lipinski definition) is 0. The lowest BCUT2D eigenvalue weighted by Gasteiger charge is -2.30. The first-order chi connectivity index (χ1) is 15.6. The molecule has 5 rings (SSSR count). The third-order valence-corrected chi connectivity index (χ3v) is 7.65. The first-order valence-corrected chi connectivity index (χ1v) is 11.9. The lowest BCUT2D eigenvalue weighted by atomic mass is 9.92. The molecular formula is C24H27N5O2S. The van der Waals surface area contributed by atoms with Crippen LogP contribution in [0, 0.1) is 6.92 Å². The average molecular weight is 450 g/mol. The number of fused-ring (bicyclic) bond motifs is 3. The molecule has 8 heteroatoms. The fourth-order valence-electron chi connectivity index (χ4n) is 4.58. The molecule has 4 aromatic rings. The van der Waals surface area contributed by atoms with Gasteiger partial charge < -0.3 is 0 Å². The summed E-state index contributed by atoms with van der Waals surface area (Å²) < 4.78 is 6.63. The van der Waals surface area contributed by atoms with Gasteiger partial charge in [-0.15, -0.1) is 11.3 Å². The number of aryl methyl sites for hydroxylation is 4. The Balaban J connectivity index is 1.31. The zero-order valence-electron chi connectivity index (χ0n) is 18.5. The van der Waals surface area contributed by atoms with E-state index in [1.165, 1.54) is 16.0 Å². The summed E-state index contributed by atoms with van der Waals surface area (Å²) in [6.07, 6.45) is 6.47. The van der Waals surface area contributed by atoms with Crippen molar-refractivity contribution in [3.63, 3.8) is 0 Å². The molecule has 32 heavy (non-hydrogen) atoms. The highest BCUT2D eigenvalue weighted by molar-refractivity contribution is 7.18. The second kappa shape index (κ2) is 8.96. The van der Waals surface area contributed by atoms with Crippen molar-refractivity contribution in [1.29, 1.82) is 0 Å². The molecular weight excluding hydrogens is 422 g/mol. The number of rotatable bonds is 7. The summed E-state index contributed by atoms with van der Waals surface area (Å²) in [4.78, 5) is 22.4. The Morgan fingerprint density at radius 1 is 1.25 bits per heavy atom. The third-order valence-electron chi connectivity index (χ3n) is 6.49. The van der Waals surface area contributed by atoms with E-state index in [0.29, 0.717) is 19.1 Å². The Hall–Kier alpha value is -2.84. The standard InChI is InChI=1S/C24H27N5O2S/c1-16-20(27-31-26-16)14-28(2)18-10-11-19-21(13-18)32-23-22(19)24(30)29(15-25-23)12-6-9-17-7-4-3-5-8-17/h3-5,7-8,15,18H,6,9-14H2,1-2H3/t18-/m1/s1. The van der Waals surface area contributed by atoms with Gasteiger partial charge in [0.15, 0.2) is 0 Å². The van der Waals surface area contributed by atoms with Crippen LogP contribution in [0.25, 0.3) is 10.2 Å². The van der Waals surface area contributed by atoms with Crippen molar-refractivity contribution in [2.45, 2.75) is 58.2 Å². The largest absolute Gasteiger partial charge is 0.299 e. The maximum Gasteiger partial charge on any atom is 0.262 e. The lowest BCUT2D eigenvalue weighted by Crippen LogP contribution is -2.36. The number of hydrogen-bond acceptors (Lipinski definition) is 7. The Kier molecular flexibility index (Phi) is 5.89. The van der Waals surface area contributed by atoms with Crippen LogP contribution in [-0.2, 0) is 32.4 Å². The molecule has 1 aliphatic rings. The number of benzene rings is 1. The van der Waals surface area contributed by atoms with Gasteiger partial charge in [-0.3, -0.25) is 14.3 Å². The minimum atomic E-state index is 0.108. The van der Waals surface area contributed by atoms with Crippen LogP contribution >= 0.6 is 11.3 Å². The zero-order valence-corrected chi connectivity index (χ0v) is 19.3. The number of thiophene rings is 1. The van der Waals surface area contributed by atoms with Gasteiger partial charge in [0.05, 0.1) is 11.7 Å². The van der Waals surface area contributed by atoms with E-state index in [1.54, 1.807) is 22.2 Å². The summed E-state index contributed by atoms with van der Waals surface area (Å²) in [6, 6.07) is 10.8. The van der Waals surface area contributed by atoms with Gasteiger partial charge >= 0.3 is 0 Å². The van der Waals surface area contributed by atoms with E-state index in [2.05, 4.69) is 51.5 Å². The van der Waals surface area contributed by atoms with Gasteiger partial charge in [-0.2, -0.15) is 0 Å². The molecule has 3 heterocycles. The van der Waals surface area contributed by atoms with Gasteiger partial charge in [-0.25, -0.2) is 9.61 Å². The lowest BCUT2D eigenvalue weighted by molar-refractivity contribution is 0.207. The molecule has 3 aromatic heterocycles.